The topological polar surface area (TPSA) is 29.1 Å². The minimum absolute atomic E-state index is 0.114. The van der Waals surface area contributed by atoms with Crippen molar-refractivity contribution in [2.24, 2.45) is 5.92 Å². The van der Waals surface area contributed by atoms with Crippen molar-refractivity contribution in [1.29, 1.82) is 0 Å². The van der Waals surface area contributed by atoms with Crippen LogP contribution in [0.3, 0.4) is 0 Å². The number of alkyl halides is 1. The molecule has 0 radical (unpaired) electrons. The second-order valence-electron chi connectivity index (χ2n) is 4.87. The highest BCUT2D eigenvalue weighted by Gasteiger charge is 2.13. The Kier molecular flexibility index (Phi) is 6.16. The number of nitrogens with one attached hydrogen (secondary N) is 1. The Bertz CT molecular complexity index is 420. The summed E-state index contributed by atoms with van der Waals surface area (Å²) in [5, 5.41) is 3.43. The number of hydrogen-bond acceptors (Lipinski definition) is 1. The van der Waals surface area contributed by atoms with Crippen molar-refractivity contribution in [3.05, 3.63) is 34.3 Å². The van der Waals surface area contributed by atoms with Crippen molar-refractivity contribution in [3.8, 4) is 0 Å². The molecule has 1 N–H and O–H groups in total. The van der Waals surface area contributed by atoms with Crippen LogP contribution in [0.4, 0.5) is 0 Å². The minimum atomic E-state index is -0.114. The largest absolute Gasteiger partial charge is 0.351 e. The molecule has 0 aromatic heterocycles. The van der Waals surface area contributed by atoms with Crippen LogP contribution in [0.2, 0.25) is 5.02 Å². The maximum absolute atomic E-state index is 12.0. The van der Waals surface area contributed by atoms with Gasteiger partial charge in [-0.2, -0.15) is 0 Å². The Morgan fingerprint density at radius 3 is 2.72 bits per heavy atom. The fourth-order valence-electron chi connectivity index (χ4n) is 1.72. The average Bonchev–Trinajstić information content (AvgIpc) is 2.29. The van der Waals surface area contributed by atoms with Gasteiger partial charge in [-0.1, -0.05) is 53.5 Å². The van der Waals surface area contributed by atoms with E-state index in [2.05, 4.69) is 35.1 Å². The van der Waals surface area contributed by atoms with Gasteiger partial charge >= 0.3 is 0 Å². The summed E-state index contributed by atoms with van der Waals surface area (Å²) >= 11 is 9.68. The summed E-state index contributed by atoms with van der Waals surface area (Å²) < 4.78 is 0. The van der Waals surface area contributed by atoms with E-state index >= 15 is 0 Å². The van der Waals surface area contributed by atoms with Crippen LogP contribution in [0.25, 0.3) is 0 Å². The maximum Gasteiger partial charge on any atom is 0.252 e. The van der Waals surface area contributed by atoms with Crippen molar-refractivity contribution >= 4 is 33.4 Å². The lowest BCUT2D eigenvalue weighted by molar-refractivity contribution is 0.0953. The van der Waals surface area contributed by atoms with Crippen LogP contribution in [-0.2, 0) is 0 Å². The summed E-state index contributed by atoms with van der Waals surface area (Å²) in [4.78, 5) is 12.3. The summed E-state index contributed by atoms with van der Waals surface area (Å²) in [5.41, 5.74) is 1.46. The van der Waals surface area contributed by atoms with Gasteiger partial charge in [0.1, 0.15) is 0 Å². The van der Waals surface area contributed by atoms with Crippen LogP contribution in [0.5, 0.6) is 0 Å². The Labute approximate surface area is 122 Å². The second kappa shape index (κ2) is 7.15. The fraction of sp³-hybridized carbons (Fsp3) is 0.500. The van der Waals surface area contributed by atoms with Crippen molar-refractivity contribution < 1.29 is 4.79 Å². The normalized spacial score (nSPS) is 12.6. The van der Waals surface area contributed by atoms with Gasteiger partial charge in [0.05, 0.1) is 10.6 Å². The van der Waals surface area contributed by atoms with Gasteiger partial charge in [-0.3, -0.25) is 4.79 Å². The van der Waals surface area contributed by atoms with Gasteiger partial charge in [-0.15, -0.1) is 0 Å². The number of hydrogen-bond donors (Lipinski definition) is 1. The molecule has 1 aromatic carbocycles. The molecular weight excluding hydrogens is 314 g/mol. The van der Waals surface area contributed by atoms with E-state index < -0.39 is 0 Å². The highest BCUT2D eigenvalue weighted by atomic mass is 79.9. The molecule has 1 atom stereocenters. The zero-order valence-corrected chi connectivity index (χ0v) is 13.3. The van der Waals surface area contributed by atoms with Crippen LogP contribution in [0, 0.1) is 12.8 Å². The van der Waals surface area contributed by atoms with Gasteiger partial charge < -0.3 is 5.32 Å². The monoisotopic (exact) mass is 331 g/mol. The Morgan fingerprint density at radius 1 is 1.44 bits per heavy atom. The summed E-state index contributed by atoms with van der Waals surface area (Å²) in [5.74, 6) is 0.491. The van der Waals surface area contributed by atoms with Crippen molar-refractivity contribution in [2.75, 3.05) is 6.54 Å². The average molecular weight is 333 g/mol. The first-order valence-corrected chi connectivity index (χ1v) is 7.38. The van der Waals surface area contributed by atoms with E-state index in [1.165, 1.54) is 0 Å². The minimum Gasteiger partial charge on any atom is -0.351 e. The number of halogens is 2. The van der Waals surface area contributed by atoms with Crippen molar-refractivity contribution in [2.45, 2.75) is 32.0 Å². The van der Waals surface area contributed by atoms with Crippen molar-refractivity contribution in [3.63, 3.8) is 0 Å². The number of aryl methyl sites for hydroxylation is 1. The van der Waals surface area contributed by atoms with Crippen LogP contribution < -0.4 is 5.32 Å². The molecule has 1 amide bonds. The molecule has 0 saturated carbocycles. The highest BCUT2D eigenvalue weighted by Crippen LogP contribution is 2.20. The van der Waals surface area contributed by atoms with E-state index in [1.807, 2.05) is 19.1 Å². The number of carbonyl (C=O) groups excluding carboxylic acids is 1. The molecule has 1 aromatic rings. The van der Waals surface area contributed by atoms with E-state index in [4.69, 9.17) is 11.6 Å². The molecule has 0 aliphatic rings. The van der Waals surface area contributed by atoms with Crippen LogP contribution in [0.1, 0.15) is 36.2 Å². The lowest BCUT2D eigenvalue weighted by Crippen LogP contribution is -2.30. The molecule has 0 heterocycles. The molecule has 18 heavy (non-hydrogen) atoms. The van der Waals surface area contributed by atoms with E-state index in [-0.39, 0.29) is 5.91 Å². The standard InChI is InChI=1S/C14H19BrClNO/c1-9(2)7-11(15)8-17-14(18)12-6-4-5-10(3)13(12)16/h4-6,9,11H,7-8H2,1-3H3,(H,17,18). The molecule has 0 aliphatic heterocycles. The predicted octanol–water partition coefficient (Wildman–Crippen LogP) is 4.19. The molecule has 2 nitrogen and oxygen atoms in total. The summed E-state index contributed by atoms with van der Waals surface area (Å²) in [6, 6.07) is 5.48. The lowest BCUT2D eigenvalue weighted by atomic mass is 10.1. The number of rotatable bonds is 5. The van der Waals surface area contributed by atoms with Gasteiger partial charge in [0.25, 0.3) is 5.91 Å². The SMILES string of the molecule is Cc1cccc(C(=O)NCC(Br)CC(C)C)c1Cl. The summed E-state index contributed by atoms with van der Waals surface area (Å²) in [7, 11) is 0. The Hall–Kier alpha value is -0.540. The first-order valence-electron chi connectivity index (χ1n) is 6.09. The molecule has 0 aliphatic carbocycles. The Morgan fingerprint density at radius 2 is 2.11 bits per heavy atom. The van der Waals surface area contributed by atoms with Gasteiger partial charge in [-0.25, -0.2) is 0 Å². The first-order chi connectivity index (χ1) is 8.41. The molecule has 1 unspecified atom stereocenters. The zero-order chi connectivity index (χ0) is 13.7. The van der Waals surface area contributed by atoms with E-state index in [1.54, 1.807) is 6.07 Å². The van der Waals surface area contributed by atoms with E-state index in [0.717, 1.165) is 12.0 Å². The second-order valence-corrected chi connectivity index (χ2v) is 6.55. The molecule has 1 rings (SSSR count). The highest BCUT2D eigenvalue weighted by molar-refractivity contribution is 9.09. The molecule has 0 saturated heterocycles. The predicted molar refractivity (Wildman–Crippen MR) is 80.7 cm³/mol. The smallest absolute Gasteiger partial charge is 0.252 e. The molecular formula is C14H19BrClNO. The van der Waals surface area contributed by atoms with E-state index in [9.17, 15) is 4.79 Å². The zero-order valence-electron chi connectivity index (χ0n) is 11.0. The fourth-order valence-corrected chi connectivity index (χ4v) is 2.84. The third kappa shape index (κ3) is 4.62. The molecule has 100 valence electrons. The van der Waals surface area contributed by atoms with Crippen LogP contribution in [-0.4, -0.2) is 17.3 Å². The van der Waals surface area contributed by atoms with Crippen molar-refractivity contribution in [1.82, 2.24) is 5.32 Å². The van der Waals surface area contributed by atoms with E-state index in [0.29, 0.717) is 27.9 Å². The first kappa shape index (κ1) is 15.5. The van der Waals surface area contributed by atoms with Gasteiger partial charge in [0, 0.05) is 11.4 Å². The van der Waals surface area contributed by atoms with Gasteiger partial charge in [0.15, 0.2) is 0 Å². The molecule has 0 spiro atoms. The van der Waals surface area contributed by atoms with Crippen LogP contribution >= 0.6 is 27.5 Å². The molecule has 4 heteroatoms. The third-order valence-corrected chi connectivity index (χ3v) is 3.85. The summed E-state index contributed by atoms with van der Waals surface area (Å²) in [6.07, 6.45) is 1.03. The number of benzene rings is 1. The third-order valence-electron chi connectivity index (χ3n) is 2.65. The number of carbonyl (C=O) groups is 1. The Balaban J connectivity index is 2.58. The molecule has 0 bridgehead atoms. The van der Waals surface area contributed by atoms with Gasteiger partial charge in [0.2, 0.25) is 0 Å². The summed E-state index contributed by atoms with van der Waals surface area (Å²) in [6.45, 7) is 6.83. The van der Waals surface area contributed by atoms with Crippen LogP contribution in [0.15, 0.2) is 18.2 Å². The maximum atomic E-state index is 12.0. The molecule has 0 fully saturated rings. The lowest BCUT2D eigenvalue weighted by Gasteiger charge is -2.14. The quantitative estimate of drug-likeness (QED) is 0.805. The van der Waals surface area contributed by atoms with Gasteiger partial charge in [-0.05, 0) is 30.9 Å². The number of amides is 1.